The maximum atomic E-state index is 13.0. The van der Waals surface area contributed by atoms with E-state index in [4.69, 9.17) is 9.47 Å². The van der Waals surface area contributed by atoms with Crippen LogP contribution in [0.5, 0.6) is 5.75 Å². The van der Waals surface area contributed by atoms with Crippen LogP contribution >= 0.6 is 0 Å². The normalized spacial score (nSPS) is 15.6. The van der Waals surface area contributed by atoms with Crippen LogP contribution in [0, 0.1) is 20.8 Å². The first kappa shape index (κ1) is 24.8. The summed E-state index contributed by atoms with van der Waals surface area (Å²) in [5.41, 5.74) is 4.02. The van der Waals surface area contributed by atoms with Crippen molar-refractivity contribution in [3.05, 3.63) is 82.9 Å². The maximum Gasteiger partial charge on any atom is 0.261 e. The summed E-state index contributed by atoms with van der Waals surface area (Å²) in [5, 5.41) is 2.83. The third-order valence-corrected chi connectivity index (χ3v) is 7.33. The van der Waals surface area contributed by atoms with E-state index in [9.17, 15) is 13.2 Å². The van der Waals surface area contributed by atoms with Gasteiger partial charge >= 0.3 is 0 Å². The summed E-state index contributed by atoms with van der Waals surface area (Å²) in [6, 6.07) is 17.0. The fraction of sp³-hybridized carbons (Fsp3) is 0.296. The van der Waals surface area contributed by atoms with Crippen molar-refractivity contribution in [2.24, 2.45) is 0 Å². The molecule has 0 aromatic heterocycles. The summed E-state index contributed by atoms with van der Waals surface area (Å²) in [6.45, 7) is 6.88. The Kier molecular flexibility index (Phi) is 7.42. The van der Waals surface area contributed by atoms with Crippen molar-refractivity contribution < 1.29 is 22.7 Å². The Labute approximate surface area is 206 Å². The van der Waals surface area contributed by atoms with E-state index in [1.165, 1.54) is 12.1 Å². The molecule has 3 aromatic carbocycles. The number of rotatable bonds is 8. The van der Waals surface area contributed by atoms with Crippen LogP contribution in [0.1, 0.15) is 39.9 Å². The molecule has 0 spiro atoms. The van der Waals surface area contributed by atoms with Gasteiger partial charge in [-0.2, -0.15) is 0 Å². The number of aryl methyl sites for hydroxylation is 3. The topological polar surface area (TPSA) is 93.7 Å². The highest BCUT2D eigenvalue weighted by Crippen LogP contribution is 2.25. The highest BCUT2D eigenvalue weighted by atomic mass is 32.2. The first-order valence-electron chi connectivity index (χ1n) is 11.6. The standard InChI is InChI=1S/C27H30N2O5S/c1-18-6-13-25(20(3)15-18)29-35(31,32)24-12-7-19(2)26(16-24)28-27(30)21-8-10-22(11-9-21)34-17-23-5-4-14-33-23/h6-13,15-16,23,29H,4-5,14,17H2,1-3H3,(H,28,30)/t23-/m0/s1. The average molecular weight is 495 g/mol. The van der Waals surface area contributed by atoms with Crippen molar-refractivity contribution >= 4 is 27.3 Å². The van der Waals surface area contributed by atoms with E-state index in [1.54, 1.807) is 36.4 Å². The smallest absolute Gasteiger partial charge is 0.261 e. The maximum absolute atomic E-state index is 13.0. The molecule has 4 rings (SSSR count). The molecule has 7 nitrogen and oxygen atoms in total. The summed E-state index contributed by atoms with van der Waals surface area (Å²) in [7, 11) is -3.84. The van der Waals surface area contributed by atoms with Gasteiger partial charge in [0.1, 0.15) is 12.4 Å². The molecule has 1 fully saturated rings. The molecule has 2 N–H and O–H groups in total. The first-order chi connectivity index (χ1) is 16.7. The van der Waals surface area contributed by atoms with Crippen LogP contribution in [0.4, 0.5) is 11.4 Å². The second-order valence-corrected chi connectivity index (χ2v) is 10.5. The number of ether oxygens (including phenoxy) is 2. The molecule has 1 aliphatic heterocycles. The predicted molar refractivity (Wildman–Crippen MR) is 137 cm³/mol. The van der Waals surface area contributed by atoms with Crippen molar-refractivity contribution in [2.45, 2.75) is 44.6 Å². The zero-order valence-electron chi connectivity index (χ0n) is 20.1. The molecule has 184 valence electrons. The molecule has 1 aliphatic rings. The molecule has 0 radical (unpaired) electrons. The van der Waals surface area contributed by atoms with Gasteiger partial charge in [-0.15, -0.1) is 0 Å². The molecule has 0 bridgehead atoms. The van der Waals surface area contributed by atoms with E-state index in [0.717, 1.165) is 36.1 Å². The highest BCUT2D eigenvalue weighted by Gasteiger charge is 2.19. The van der Waals surface area contributed by atoms with Gasteiger partial charge in [0.05, 0.1) is 16.7 Å². The Hall–Kier alpha value is -3.36. The average Bonchev–Trinajstić information content (AvgIpc) is 3.35. The molecule has 0 saturated carbocycles. The zero-order chi connectivity index (χ0) is 25.0. The van der Waals surface area contributed by atoms with Gasteiger partial charge in [-0.05, 0) is 87.2 Å². The van der Waals surface area contributed by atoms with E-state index < -0.39 is 10.0 Å². The molecule has 1 amide bonds. The predicted octanol–water partition coefficient (Wildman–Crippen LogP) is 5.22. The van der Waals surface area contributed by atoms with Gasteiger partial charge in [-0.25, -0.2) is 8.42 Å². The quantitative estimate of drug-likeness (QED) is 0.448. The molecule has 3 aromatic rings. The molecule has 0 unspecified atom stereocenters. The van der Waals surface area contributed by atoms with E-state index >= 15 is 0 Å². The van der Waals surface area contributed by atoms with Crippen molar-refractivity contribution in [2.75, 3.05) is 23.3 Å². The molecular weight excluding hydrogens is 464 g/mol. The van der Waals surface area contributed by atoms with Crippen molar-refractivity contribution in [3.63, 3.8) is 0 Å². The van der Waals surface area contributed by atoms with E-state index in [0.29, 0.717) is 29.3 Å². The lowest BCUT2D eigenvalue weighted by molar-refractivity contribution is 0.0679. The molecule has 1 heterocycles. The van der Waals surface area contributed by atoms with E-state index in [-0.39, 0.29) is 16.9 Å². The number of amides is 1. The third kappa shape index (κ3) is 6.21. The van der Waals surface area contributed by atoms with Crippen LogP contribution < -0.4 is 14.8 Å². The minimum Gasteiger partial charge on any atom is -0.491 e. The number of sulfonamides is 1. The summed E-state index contributed by atoms with van der Waals surface area (Å²) in [6.07, 6.45) is 2.17. The van der Waals surface area contributed by atoms with Crippen molar-refractivity contribution in [1.29, 1.82) is 0 Å². The molecule has 1 saturated heterocycles. The summed E-state index contributed by atoms with van der Waals surface area (Å²) in [4.78, 5) is 12.9. The number of anilines is 2. The van der Waals surface area contributed by atoms with Crippen LogP contribution in [0.25, 0.3) is 0 Å². The minimum absolute atomic E-state index is 0.0660. The van der Waals surface area contributed by atoms with Crippen LogP contribution in [0.2, 0.25) is 0 Å². The number of carbonyl (C=O) groups excluding carboxylic acids is 1. The number of hydrogen-bond acceptors (Lipinski definition) is 5. The molecule has 8 heteroatoms. The lowest BCUT2D eigenvalue weighted by Crippen LogP contribution is -2.17. The Balaban J connectivity index is 1.45. The molecule has 0 aliphatic carbocycles. The molecule has 35 heavy (non-hydrogen) atoms. The van der Waals surface area contributed by atoms with Gasteiger partial charge in [0.25, 0.3) is 15.9 Å². The van der Waals surface area contributed by atoms with Gasteiger partial charge in [0, 0.05) is 17.9 Å². The first-order valence-corrected chi connectivity index (χ1v) is 13.1. The van der Waals surface area contributed by atoms with Crippen molar-refractivity contribution in [3.8, 4) is 5.75 Å². The SMILES string of the molecule is Cc1ccc(NS(=O)(=O)c2ccc(C)c(NC(=O)c3ccc(OC[C@@H]4CCCO4)cc3)c2)c(C)c1. The number of benzene rings is 3. The minimum atomic E-state index is -3.84. The zero-order valence-corrected chi connectivity index (χ0v) is 20.9. The van der Waals surface area contributed by atoms with E-state index in [2.05, 4.69) is 10.0 Å². The highest BCUT2D eigenvalue weighted by molar-refractivity contribution is 7.92. The van der Waals surface area contributed by atoms with Gasteiger partial charge in [0.15, 0.2) is 0 Å². The van der Waals surface area contributed by atoms with Crippen LogP contribution in [0.15, 0.2) is 65.6 Å². The lowest BCUT2D eigenvalue weighted by atomic mass is 10.1. The molecular formula is C27H30N2O5S. The second-order valence-electron chi connectivity index (χ2n) is 8.83. The lowest BCUT2D eigenvalue weighted by Gasteiger charge is -2.14. The summed E-state index contributed by atoms with van der Waals surface area (Å²) in [5.74, 6) is 0.328. The van der Waals surface area contributed by atoms with Gasteiger partial charge < -0.3 is 14.8 Å². The number of hydrogen-bond donors (Lipinski definition) is 2. The van der Waals surface area contributed by atoms with Crippen molar-refractivity contribution in [1.82, 2.24) is 0 Å². The van der Waals surface area contributed by atoms with Gasteiger partial charge in [-0.1, -0.05) is 23.8 Å². The van der Waals surface area contributed by atoms with E-state index in [1.807, 2.05) is 32.9 Å². The molecule has 1 atom stereocenters. The van der Waals surface area contributed by atoms with Gasteiger partial charge in [-0.3, -0.25) is 9.52 Å². The summed E-state index contributed by atoms with van der Waals surface area (Å²) >= 11 is 0. The Morgan fingerprint density at radius 3 is 2.43 bits per heavy atom. The second kappa shape index (κ2) is 10.5. The monoisotopic (exact) mass is 494 g/mol. The number of nitrogens with one attached hydrogen (secondary N) is 2. The fourth-order valence-corrected chi connectivity index (χ4v) is 5.05. The Morgan fingerprint density at radius 2 is 1.74 bits per heavy atom. The Bertz CT molecular complexity index is 1310. The van der Waals surface area contributed by atoms with Gasteiger partial charge in [0.2, 0.25) is 0 Å². The third-order valence-electron chi connectivity index (χ3n) is 5.97. The Morgan fingerprint density at radius 1 is 0.971 bits per heavy atom. The fourth-order valence-electron chi connectivity index (χ4n) is 3.90. The van der Waals surface area contributed by atoms with Crippen LogP contribution in [-0.4, -0.2) is 33.6 Å². The van der Waals surface area contributed by atoms with Crippen LogP contribution in [0.3, 0.4) is 0 Å². The van der Waals surface area contributed by atoms with Crippen LogP contribution in [-0.2, 0) is 14.8 Å². The number of carbonyl (C=O) groups is 1. The summed E-state index contributed by atoms with van der Waals surface area (Å²) < 4.78 is 40.0. The largest absolute Gasteiger partial charge is 0.491 e.